The van der Waals surface area contributed by atoms with E-state index in [2.05, 4.69) is 21.2 Å². The molecule has 0 aliphatic heterocycles. The predicted octanol–water partition coefficient (Wildman–Crippen LogP) is 5.24. The fourth-order valence-corrected chi connectivity index (χ4v) is 5.77. The zero-order valence-corrected chi connectivity index (χ0v) is 26.1. The van der Waals surface area contributed by atoms with Crippen molar-refractivity contribution < 1.29 is 18.0 Å². The standard InChI is InChI=1S/C31H38BrN3O4S/c1-22(2)19-33-31(37)28(18-25-12-7-6-8-13-25)34(20-26-14-16-27(32)17-15-26)29(36)21-35(40(5,38)39)30-23(3)10-9-11-24(30)4/h6-17,22,28H,18-21H2,1-5H3,(H,33,37)/t28-/m1/s1. The molecule has 9 heteroatoms. The lowest BCUT2D eigenvalue weighted by atomic mass is 10.0. The number of para-hydroxylation sites is 1. The number of amides is 2. The minimum Gasteiger partial charge on any atom is -0.354 e. The molecule has 3 aromatic carbocycles. The van der Waals surface area contributed by atoms with Crippen molar-refractivity contribution in [2.45, 2.75) is 46.7 Å². The van der Waals surface area contributed by atoms with E-state index >= 15 is 0 Å². The van der Waals surface area contributed by atoms with E-state index in [1.165, 1.54) is 4.90 Å². The van der Waals surface area contributed by atoms with Crippen LogP contribution in [-0.4, -0.2) is 50.5 Å². The van der Waals surface area contributed by atoms with Crippen molar-refractivity contribution in [2.75, 3.05) is 23.7 Å². The number of halogens is 1. The van der Waals surface area contributed by atoms with Gasteiger partial charge >= 0.3 is 0 Å². The predicted molar refractivity (Wildman–Crippen MR) is 165 cm³/mol. The van der Waals surface area contributed by atoms with Gasteiger partial charge in [0.25, 0.3) is 0 Å². The molecule has 1 atom stereocenters. The summed E-state index contributed by atoms with van der Waals surface area (Å²) in [6.45, 7) is 7.83. The molecule has 0 aliphatic carbocycles. The highest BCUT2D eigenvalue weighted by atomic mass is 79.9. The Morgan fingerprint density at radius 1 is 0.875 bits per heavy atom. The van der Waals surface area contributed by atoms with Gasteiger partial charge in [0, 0.05) is 24.0 Å². The van der Waals surface area contributed by atoms with Crippen molar-refractivity contribution in [3.63, 3.8) is 0 Å². The lowest BCUT2D eigenvalue weighted by Gasteiger charge is -2.34. The first-order valence-corrected chi connectivity index (χ1v) is 15.9. The minimum absolute atomic E-state index is 0.142. The van der Waals surface area contributed by atoms with Crippen LogP contribution in [0, 0.1) is 19.8 Å². The Balaban J connectivity index is 2.07. The Labute approximate surface area is 246 Å². The Bertz CT molecular complexity index is 1390. The first-order valence-electron chi connectivity index (χ1n) is 13.3. The molecule has 0 radical (unpaired) electrons. The third-order valence-corrected chi connectivity index (χ3v) is 8.23. The molecule has 7 nitrogen and oxygen atoms in total. The molecule has 1 N–H and O–H groups in total. The van der Waals surface area contributed by atoms with Crippen LogP contribution in [0.5, 0.6) is 0 Å². The topological polar surface area (TPSA) is 86.8 Å². The van der Waals surface area contributed by atoms with Crippen molar-refractivity contribution >= 4 is 43.5 Å². The molecule has 0 bridgehead atoms. The largest absolute Gasteiger partial charge is 0.354 e. The van der Waals surface area contributed by atoms with Crippen molar-refractivity contribution in [2.24, 2.45) is 5.92 Å². The van der Waals surface area contributed by atoms with Crippen molar-refractivity contribution in [1.29, 1.82) is 0 Å². The monoisotopic (exact) mass is 627 g/mol. The van der Waals surface area contributed by atoms with E-state index in [4.69, 9.17) is 0 Å². The first kappa shape index (κ1) is 31.4. The van der Waals surface area contributed by atoms with Crippen LogP contribution < -0.4 is 9.62 Å². The Morgan fingerprint density at radius 2 is 1.48 bits per heavy atom. The molecular formula is C31H38BrN3O4S. The van der Waals surface area contributed by atoms with Crippen molar-refractivity contribution in [3.05, 3.63) is 99.5 Å². The second-order valence-electron chi connectivity index (χ2n) is 10.5. The van der Waals surface area contributed by atoms with E-state index in [0.29, 0.717) is 12.2 Å². The summed E-state index contributed by atoms with van der Waals surface area (Å²) in [5, 5.41) is 2.99. The third kappa shape index (κ3) is 8.66. The molecule has 3 aromatic rings. The van der Waals surface area contributed by atoms with E-state index in [1.807, 2.05) is 100 Å². The summed E-state index contributed by atoms with van der Waals surface area (Å²) in [6, 6.07) is 21.7. The van der Waals surface area contributed by atoms with Gasteiger partial charge in [0.15, 0.2) is 0 Å². The Hall–Kier alpha value is -3.17. The summed E-state index contributed by atoms with van der Waals surface area (Å²) in [5.74, 6) is -0.515. The lowest BCUT2D eigenvalue weighted by Crippen LogP contribution is -2.53. The number of rotatable bonds is 12. The van der Waals surface area contributed by atoms with Gasteiger partial charge in [-0.05, 0) is 54.2 Å². The summed E-state index contributed by atoms with van der Waals surface area (Å²) in [7, 11) is -3.82. The third-order valence-electron chi connectivity index (χ3n) is 6.59. The lowest BCUT2D eigenvalue weighted by molar-refractivity contribution is -0.140. The van der Waals surface area contributed by atoms with Gasteiger partial charge in [0.05, 0.1) is 11.9 Å². The van der Waals surface area contributed by atoms with Gasteiger partial charge in [-0.2, -0.15) is 0 Å². The molecule has 3 rings (SSSR count). The van der Waals surface area contributed by atoms with E-state index in [1.54, 1.807) is 0 Å². The van der Waals surface area contributed by atoms with E-state index in [-0.39, 0.29) is 24.8 Å². The molecule has 0 aromatic heterocycles. The summed E-state index contributed by atoms with van der Waals surface area (Å²) < 4.78 is 28.1. The molecule has 0 fully saturated rings. The summed E-state index contributed by atoms with van der Waals surface area (Å²) in [4.78, 5) is 29.3. The first-order chi connectivity index (χ1) is 18.9. The maximum Gasteiger partial charge on any atom is 0.244 e. The number of anilines is 1. The molecule has 0 aliphatic rings. The maximum atomic E-state index is 14.2. The van der Waals surface area contributed by atoms with Crippen LogP contribution in [-0.2, 0) is 32.6 Å². The van der Waals surface area contributed by atoms with Gasteiger partial charge in [0.2, 0.25) is 21.8 Å². The van der Waals surface area contributed by atoms with Gasteiger partial charge in [0.1, 0.15) is 12.6 Å². The Morgan fingerprint density at radius 3 is 2.02 bits per heavy atom. The molecule has 0 unspecified atom stereocenters. The van der Waals surface area contributed by atoms with Gasteiger partial charge < -0.3 is 10.2 Å². The highest BCUT2D eigenvalue weighted by molar-refractivity contribution is 9.10. The zero-order valence-electron chi connectivity index (χ0n) is 23.7. The summed E-state index contributed by atoms with van der Waals surface area (Å²) in [6.07, 6.45) is 1.39. The van der Waals surface area contributed by atoms with Crippen LogP contribution in [0.1, 0.15) is 36.1 Å². The fraction of sp³-hybridized carbons (Fsp3) is 0.355. The molecule has 2 amide bonds. The van der Waals surface area contributed by atoms with E-state index in [0.717, 1.165) is 37.3 Å². The number of nitrogens with zero attached hydrogens (tertiary/aromatic N) is 2. The molecule has 0 saturated heterocycles. The maximum absolute atomic E-state index is 14.2. The number of nitrogens with one attached hydrogen (secondary N) is 1. The number of benzene rings is 3. The minimum atomic E-state index is -3.82. The van der Waals surface area contributed by atoms with Crippen LogP contribution >= 0.6 is 15.9 Å². The van der Waals surface area contributed by atoms with Crippen LogP contribution in [0.25, 0.3) is 0 Å². The molecule has 0 saturated carbocycles. The number of aryl methyl sites for hydroxylation is 2. The molecule has 214 valence electrons. The second-order valence-corrected chi connectivity index (χ2v) is 13.3. The fourth-order valence-electron chi connectivity index (χ4n) is 4.54. The molecular weight excluding hydrogens is 590 g/mol. The van der Waals surface area contributed by atoms with E-state index < -0.39 is 28.5 Å². The van der Waals surface area contributed by atoms with Gasteiger partial charge in [-0.3, -0.25) is 13.9 Å². The van der Waals surface area contributed by atoms with E-state index in [9.17, 15) is 18.0 Å². The van der Waals surface area contributed by atoms with Gasteiger partial charge in [-0.15, -0.1) is 0 Å². The average Bonchev–Trinajstić information content (AvgIpc) is 2.89. The quantitative estimate of drug-likeness (QED) is 0.297. The summed E-state index contributed by atoms with van der Waals surface area (Å²) in [5.41, 5.74) is 3.69. The number of hydrogen-bond acceptors (Lipinski definition) is 4. The number of sulfonamides is 1. The number of carbonyl (C=O) groups is 2. The van der Waals surface area contributed by atoms with Crippen LogP contribution in [0.15, 0.2) is 77.3 Å². The summed E-state index contributed by atoms with van der Waals surface area (Å²) >= 11 is 3.45. The van der Waals surface area contributed by atoms with Crippen molar-refractivity contribution in [1.82, 2.24) is 10.2 Å². The smallest absolute Gasteiger partial charge is 0.244 e. The number of hydrogen-bond donors (Lipinski definition) is 1. The van der Waals surface area contributed by atoms with Crippen LogP contribution in [0.4, 0.5) is 5.69 Å². The van der Waals surface area contributed by atoms with Gasteiger partial charge in [-0.1, -0.05) is 90.4 Å². The van der Waals surface area contributed by atoms with Gasteiger partial charge in [-0.25, -0.2) is 8.42 Å². The molecule has 0 spiro atoms. The second kappa shape index (κ2) is 13.9. The molecule has 40 heavy (non-hydrogen) atoms. The molecule has 0 heterocycles. The zero-order chi connectivity index (χ0) is 29.4. The number of carbonyl (C=O) groups excluding carboxylic acids is 2. The highest BCUT2D eigenvalue weighted by Crippen LogP contribution is 2.27. The van der Waals surface area contributed by atoms with Crippen LogP contribution in [0.2, 0.25) is 0 Å². The average molecular weight is 629 g/mol. The van der Waals surface area contributed by atoms with Crippen LogP contribution in [0.3, 0.4) is 0 Å². The Kier molecular flexibility index (Phi) is 10.9. The van der Waals surface area contributed by atoms with Crippen molar-refractivity contribution in [3.8, 4) is 0 Å². The SMILES string of the molecule is Cc1cccc(C)c1N(CC(=O)N(Cc1ccc(Br)cc1)[C@H](Cc1ccccc1)C(=O)NCC(C)C)S(C)(=O)=O. The highest BCUT2D eigenvalue weighted by Gasteiger charge is 2.33. The normalized spacial score (nSPS) is 12.2.